The molecule has 6 heteroatoms. The largest absolute Gasteiger partial charge is 0.466 e. The summed E-state index contributed by atoms with van der Waals surface area (Å²) in [6, 6.07) is -0.546. The summed E-state index contributed by atoms with van der Waals surface area (Å²) in [7, 11) is 0. The van der Waals surface area contributed by atoms with Gasteiger partial charge in [0.25, 0.3) is 0 Å². The Morgan fingerprint density at radius 1 is 0.342 bits per heavy atom. The van der Waals surface area contributed by atoms with Gasteiger partial charge in [0.1, 0.15) is 0 Å². The molecule has 2 atom stereocenters. The third-order valence-electron chi connectivity index (χ3n) is 17.0. The molecule has 468 valence electrons. The maximum atomic E-state index is 12.5. The molecule has 0 spiro atoms. The zero-order valence-corrected chi connectivity index (χ0v) is 53.6. The Morgan fingerprint density at radius 2 is 0.595 bits per heavy atom. The van der Waals surface area contributed by atoms with Crippen LogP contribution in [0.2, 0.25) is 0 Å². The van der Waals surface area contributed by atoms with Crippen molar-refractivity contribution in [2.75, 3.05) is 13.2 Å². The van der Waals surface area contributed by atoms with E-state index in [2.05, 4.69) is 43.5 Å². The van der Waals surface area contributed by atoms with Gasteiger partial charge in [-0.3, -0.25) is 9.59 Å². The van der Waals surface area contributed by atoms with Gasteiger partial charge in [-0.1, -0.05) is 340 Å². The number of carbonyl (C=O) groups excluding carboxylic acids is 2. The molecule has 0 aromatic carbocycles. The molecule has 0 bridgehead atoms. The van der Waals surface area contributed by atoms with Crippen LogP contribution in [0.25, 0.3) is 0 Å². The minimum absolute atomic E-state index is 0.0102. The Hall–Kier alpha value is -1.66. The zero-order valence-electron chi connectivity index (χ0n) is 53.6. The van der Waals surface area contributed by atoms with Gasteiger partial charge < -0.3 is 20.3 Å². The van der Waals surface area contributed by atoms with E-state index in [0.29, 0.717) is 25.9 Å². The van der Waals surface area contributed by atoms with E-state index in [4.69, 9.17) is 4.74 Å². The predicted molar refractivity (Wildman–Crippen MR) is 347 cm³/mol. The molecule has 79 heavy (non-hydrogen) atoms. The van der Waals surface area contributed by atoms with Crippen LogP contribution >= 0.6 is 0 Å². The van der Waals surface area contributed by atoms with Gasteiger partial charge in [0.15, 0.2) is 0 Å². The number of aliphatic hydroxyl groups is 2. The Bertz CT molecular complexity index is 1230. The van der Waals surface area contributed by atoms with Gasteiger partial charge in [0, 0.05) is 12.8 Å². The van der Waals surface area contributed by atoms with E-state index in [1.165, 1.54) is 327 Å². The number of hydrogen-bond donors (Lipinski definition) is 3. The van der Waals surface area contributed by atoms with E-state index < -0.39 is 12.1 Å². The molecule has 0 fully saturated rings. The summed E-state index contributed by atoms with van der Waals surface area (Å²) in [6.45, 7) is 4.98. The first-order chi connectivity index (χ1) is 39.0. The third-order valence-corrected chi connectivity index (χ3v) is 17.0. The van der Waals surface area contributed by atoms with Crippen LogP contribution in [0.4, 0.5) is 0 Å². The van der Waals surface area contributed by atoms with Gasteiger partial charge in [-0.25, -0.2) is 0 Å². The number of nitrogens with one attached hydrogen (secondary N) is 1. The molecule has 0 aromatic heterocycles. The molecule has 6 nitrogen and oxygen atoms in total. The second kappa shape index (κ2) is 68.8. The lowest BCUT2D eigenvalue weighted by molar-refractivity contribution is -0.143. The van der Waals surface area contributed by atoms with Crippen LogP contribution in [0.5, 0.6) is 0 Å². The van der Waals surface area contributed by atoms with Crippen LogP contribution in [0.15, 0.2) is 24.3 Å². The van der Waals surface area contributed by atoms with E-state index >= 15 is 0 Å². The highest BCUT2D eigenvalue weighted by Gasteiger charge is 2.20. The summed E-state index contributed by atoms with van der Waals surface area (Å²) in [4.78, 5) is 24.6. The van der Waals surface area contributed by atoms with Crippen LogP contribution in [0.3, 0.4) is 0 Å². The molecule has 0 aliphatic heterocycles. The first kappa shape index (κ1) is 77.3. The van der Waals surface area contributed by atoms with Gasteiger partial charge in [-0.2, -0.15) is 0 Å². The molecular formula is C73H141NO5. The molecule has 0 saturated heterocycles. The minimum Gasteiger partial charge on any atom is -0.466 e. The summed E-state index contributed by atoms with van der Waals surface area (Å²) < 4.78 is 5.50. The van der Waals surface area contributed by atoms with Gasteiger partial charge >= 0.3 is 5.97 Å². The lowest BCUT2D eigenvalue weighted by atomic mass is 10.0. The topological polar surface area (TPSA) is 95.9 Å². The Labute approximate surface area is 494 Å². The van der Waals surface area contributed by atoms with E-state index in [1.54, 1.807) is 0 Å². The monoisotopic (exact) mass is 1110 g/mol. The van der Waals surface area contributed by atoms with Gasteiger partial charge in [0.05, 0.1) is 25.4 Å². The van der Waals surface area contributed by atoms with Crippen LogP contribution in [-0.2, 0) is 14.3 Å². The molecule has 0 heterocycles. The quantitative estimate of drug-likeness (QED) is 0.0320. The molecule has 3 N–H and O–H groups in total. The van der Waals surface area contributed by atoms with Gasteiger partial charge in [-0.05, 0) is 77.0 Å². The maximum Gasteiger partial charge on any atom is 0.305 e. The maximum absolute atomic E-state index is 12.5. The number of aliphatic hydroxyl groups excluding tert-OH is 2. The molecule has 2 unspecified atom stereocenters. The molecule has 0 rings (SSSR count). The minimum atomic E-state index is -0.668. The normalized spacial score (nSPS) is 12.6. The van der Waals surface area contributed by atoms with Crippen LogP contribution < -0.4 is 5.32 Å². The fraction of sp³-hybridized carbons (Fsp3) is 0.918. The van der Waals surface area contributed by atoms with E-state index in [0.717, 1.165) is 44.9 Å². The molecule has 0 aromatic rings. The number of allylic oxidation sites excluding steroid dienone is 4. The smallest absolute Gasteiger partial charge is 0.305 e. The van der Waals surface area contributed by atoms with Crippen molar-refractivity contribution in [3.8, 4) is 0 Å². The number of carbonyl (C=O) groups is 2. The Balaban J connectivity index is 3.39. The zero-order chi connectivity index (χ0) is 57.1. The lowest BCUT2D eigenvalue weighted by Gasteiger charge is -2.22. The van der Waals surface area contributed by atoms with E-state index in [1.807, 2.05) is 0 Å². The number of hydrogen-bond acceptors (Lipinski definition) is 5. The SMILES string of the molecule is CCCCCCCC/C=C\CCCCCCCCCC(=O)OCCCCCCCCCCCCCC/C=C\CCCCCCCCCCC(=O)NC(CO)C(O)CCCCCCCCCCCCCCCCCCCCCCC. The first-order valence-corrected chi connectivity index (χ1v) is 36.1. The predicted octanol–water partition coefficient (Wildman–Crippen LogP) is 23.3. The Morgan fingerprint density at radius 3 is 0.899 bits per heavy atom. The molecular weight excluding hydrogens is 971 g/mol. The van der Waals surface area contributed by atoms with Crippen molar-refractivity contribution in [3.05, 3.63) is 24.3 Å². The average Bonchev–Trinajstić information content (AvgIpc) is 3.45. The summed E-state index contributed by atoms with van der Waals surface area (Å²) in [5.41, 5.74) is 0. The molecule has 0 saturated carbocycles. The number of rotatable bonds is 68. The fourth-order valence-corrected chi connectivity index (χ4v) is 11.5. The van der Waals surface area contributed by atoms with E-state index in [-0.39, 0.29) is 18.5 Å². The summed E-state index contributed by atoms with van der Waals surface area (Å²) in [5, 5.41) is 23.4. The van der Waals surface area contributed by atoms with Crippen molar-refractivity contribution in [3.63, 3.8) is 0 Å². The van der Waals surface area contributed by atoms with Gasteiger partial charge in [0.2, 0.25) is 5.91 Å². The molecule has 0 aliphatic rings. The third kappa shape index (κ3) is 65.4. The number of ether oxygens (including phenoxy) is 1. The Kier molecular flexibility index (Phi) is 67.4. The number of esters is 1. The second-order valence-electron chi connectivity index (χ2n) is 24.9. The van der Waals surface area contributed by atoms with Crippen molar-refractivity contribution in [2.24, 2.45) is 0 Å². The number of unbranched alkanes of at least 4 members (excludes halogenated alkanes) is 53. The number of amides is 1. The lowest BCUT2D eigenvalue weighted by Crippen LogP contribution is -2.45. The standard InChI is InChI=1S/C73H141NO5/c1-3-5-7-9-11-13-15-17-19-21-22-27-30-34-37-41-45-49-53-57-61-65-71(76)70(69-75)74-72(77)66-62-58-54-50-46-42-38-35-31-28-25-23-24-26-29-32-36-40-44-48-52-56-60-64-68-79-73(78)67-63-59-55-51-47-43-39-33-20-18-16-14-12-10-8-6-4-2/h18,20,25,28,70-71,75-76H,3-17,19,21-24,26-27,29-69H2,1-2H3,(H,74,77)/b20-18-,28-25-. The summed E-state index contributed by atoms with van der Waals surface area (Å²) in [6.07, 6.45) is 86.5. The second-order valence-corrected chi connectivity index (χ2v) is 24.9. The highest BCUT2D eigenvalue weighted by molar-refractivity contribution is 5.76. The highest BCUT2D eigenvalue weighted by atomic mass is 16.5. The average molecular weight is 1110 g/mol. The van der Waals surface area contributed by atoms with Crippen molar-refractivity contribution >= 4 is 11.9 Å². The molecule has 0 radical (unpaired) electrons. The van der Waals surface area contributed by atoms with Crippen molar-refractivity contribution in [1.29, 1.82) is 0 Å². The molecule has 1 amide bonds. The van der Waals surface area contributed by atoms with Gasteiger partial charge in [-0.15, -0.1) is 0 Å². The van der Waals surface area contributed by atoms with Crippen molar-refractivity contribution in [2.45, 2.75) is 418 Å². The van der Waals surface area contributed by atoms with Crippen LogP contribution in [-0.4, -0.2) is 47.4 Å². The van der Waals surface area contributed by atoms with Crippen molar-refractivity contribution in [1.82, 2.24) is 5.32 Å². The molecule has 0 aliphatic carbocycles. The van der Waals surface area contributed by atoms with Crippen LogP contribution in [0.1, 0.15) is 406 Å². The summed E-state index contributed by atoms with van der Waals surface area (Å²) >= 11 is 0. The first-order valence-electron chi connectivity index (χ1n) is 36.1. The van der Waals surface area contributed by atoms with E-state index in [9.17, 15) is 19.8 Å². The fourth-order valence-electron chi connectivity index (χ4n) is 11.5. The summed E-state index contributed by atoms with van der Waals surface area (Å²) in [5.74, 6) is -0.0250. The van der Waals surface area contributed by atoms with Crippen LogP contribution in [0, 0.1) is 0 Å². The van der Waals surface area contributed by atoms with Crippen molar-refractivity contribution < 1.29 is 24.5 Å². The highest BCUT2D eigenvalue weighted by Crippen LogP contribution is 2.19.